The molecule has 90 valence electrons. The summed E-state index contributed by atoms with van der Waals surface area (Å²) in [7, 11) is 0. The van der Waals surface area contributed by atoms with Gasteiger partial charge in [-0.2, -0.15) is 0 Å². The van der Waals surface area contributed by atoms with Crippen LogP contribution in [0.2, 0.25) is 0 Å². The third-order valence-corrected chi connectivity index (χ3v) is 1.02. The summed E-state index contributed by atoms with van der Waals surface area (Å²) in [4.78, 5) is 3.50. The quantitative estimate of drug-likeness (QED) is 0.422. The van der Waals surface area contributed by atoms with Crippen LogP contribution in [0.5, 0.6) is 0 Å². The molecule has 3 rings (SSSR count). The predicted octanol–water partition coefficient (Wildman–Crippen LogP) is -2.20. The van der Waals surface area contributed by atoms with Crippen LogP contribution in [-0.2, 0) is 0 Å². The molecule has 0 atom stereocenters. The molecule has 0 aliphatic rings. The largest absolute Gasteiger partial charge is 0.221 e. The summed E-state index contributed by atoms with van der Waals surface area (Å²) >= 11 is 0. The van der Waals surface area contributed by atoms with Gasteiger partial charge in [-0.1, -0.05) is 0 Å². The molecule has 12 heteroatoms. The molecular formula is C6H6N12. The average Bonchev–Trinajstić information content (AvgIpc) is 2.54. The Morgan fingerprint density at radius 1 is 0.389 bits per heavy atom. The second-order valence-corrected chi connectivity index (χ2v) is 2.10. The van der Waals surface area contributed by atoms with E-state index >= 15 is 0 Å². The number of aromatic nitrogens is 12. The molecule has 3 heterocycles. The summed E-state index contributed by atoms with van der Waals surface area (Å²) in [6, 6.07) is 0. The minimum Gasteiger partial charge on any atom is -0.221 e. The van der Waals surface area contributed by atoms with Gasteiger partial charge in [-0.05, 0) is 15.6 Å². The Morgan fingerprint density at radius 2 is 0.889 bits per heavy atom. The third-order valence-electron chi connectivity index (χ3n) is 1.02. The fourth-order valence-corrected chi connectivity index (χ4v) is 0.496. The second kappa shape index (κ2) is 10.3. The molecule has 0 N–H and O–H groups in total. The molecule has 0 amide bonds. The zero-order valence-corrected chi connectivity index (χ0v) is 8.83. The van der Waals surface area contributed by atoms with Crippen LogP contribution < -0.4 is 0 Å². The first-order chi connectivity index (χ1) is 9.00. The summed E-state index contributed by atoms with van der Waals surface area (Å²) in [5, 5.41) is 36.4. The fraction of sp³-hybridized carbons (Fsp3) is 0. The van der Waals surface area contributed by atoms with E-state index in [4.69, 9.17) is 0 Å². The van der Waals surface area contributed by atoms with E-state index in [1.54, 1.807) is 0 Å². The highest BCUT2D eigenvalue weighted by molar-refractivity contribution is 4.52. The van der Waals surface area contributed by atoms with Crippen LogP contribution in [0.25, 0.3) is 0 Å². The van der Waals surface area contributed by atoms with Crippen LogP contribution in [0.15, 0.2) is 37.7 Å². The lowest BCUT2D eigenvalue weighted by atomic mass is 11.0. The van der Waals surface area contributed by atoms with Crippen LogP contribution in [0.1, 0.15) is 0 Å². The van der Waals surface area contributed by atoms with E-state index in [2.05, 4.69) is 61.4 Å². The smallest absolute Gasteiger partial charge is 0.160 e. The Balaban J connectivity index is 0.000000135. The predicted molar refractivity (Wildman–Crippen MR) is 52.9 cm³/mol. The van der Waals surface area contributed by atoms with Crippen molar-refractivity contribution in [3.05, 3.63) is 37.7 Å². The Hall–Kier alpha value is -3.18. The number of nitrogens with zero attached hydrogens (tertiary/aromatic N) is 12. The first-order valence-corrected chi connectivity index (χ1v) is 4.32. The normalized spacial score (nSPS) is 8.00. The van der Waals surface area contributed by atoms with Crippen molar-refractivity contribution >= 4 is 0 Å². The van der Waals surface area contributed by atoms with Gasteiger partial charge in [-0.15, -0.1) is 40.8 Å². The van der Waals surface area contributed by atoms with Gasteiger partial charge in [0.25, 0.3) is 0 Å². The van der Waals surface area contributed by atoms with Gasteiger partial charge in [-0.25, -0.2) is 4.98 Å². The molecule has 0 unspecified atom stereocenters. The number of hydrogen-bond acceptors (Lipinski definition) is 12. The van der Waals surface area contributed by atoms with E-state index in [1.165, 1.54) is 37.7 Å². The van der Waals surface area contributed by atoms with Crippen molar-refractivity contribution in [3.63, 3.8) is 0 Å². The van der Waals surface area contributed by atoms with Crippen molar-refractivity contribution in [3.8, 4) is 0 Å². The maximum Gasteiger partial charge on any atom is 0.160 e. The van der Waals surface area contributed by atoms with E-state index in [9.17, 15) is 0 Å². The summed E-state index contributed by atoms with van der Waals surface area (Å²) in [6.07, 6.45) is 8.14. The molecule has 0 aliphatic heterocycles. The highest BCUT2D eigenvalue weighted by Gasteiger charge is 1.62. The number of rotatable bonds is 0. The van der Waals surface area contributed by atoms with Crippen molar-refractivity contribution in [2.75, 3.05) is 0 Å². The zero-order chi connectivity index (χ0) is 12.7. The maximum atomic E-state index is 3.50. The van der Waals surface area contributed by atoms with Gasteiger partial charge in [0, 0.05) is 0 Å². The van der Waals surface area contributed by atoms with E-state index < -0.39 is 0 Å². The van der Waals surface area contributed by atoms with Crippen molar-refractivity contribution in [2.24, 2.45) is 0 Å². The van der Waals surface area contributed by atoms with Crippen molar-refractivity contribution in [2.45, 2.75) is 0 Å². The fourth-order valence-electron chi connectivity index (χ4n) is 0.496. The van der Waals surface area contributed by atoms with Gasteiger partial charge in [0.1, 0.15) is 12.7 Å². The van der Waals surface area contributed by atoms with Crippen LogP contribution in [0.3, 0.4) is 0 Å². The van der Waals surface area contributed by atoms with Crippen molar-refractivity contribution in [1.29, 1.82) is 0 Å². The van der Waals surface area contributed by atoms with Gasteiger partial charge in [0.05, 0.1) is 12.4 Å². The van der Waals surface area contributed by atoms with Gasteiger partial charge in [0.15, 0.2) is 12.7 Å². The van der Waals surface area contributed by atoms with Gasteiger partial charge < -0.3 is 0 Å². The standard InChI is InChI=1S/3C2H2N4/c1-3-5-2-6-4-1;1-3-2-5-6-4-1;1-2-4-6-5-3-1/h3*1-2H. The highest BCUT2D eigenvalue weighted by Crippen LogP contribution is 1.53. The van der Waals surface area contributed by atoms with E-state index in [0.29, 0.717) is 0 Å². The van der Waals surface area contributed by atoms with E-state index in [0.717, 1.165) is 0 Å². The maximum absolute atomic E-state index is 3.50. The third kappa shape index (κ3) is 8.16. The lowest BCUT2D eigenvalue weighted by molar-refractivity contribution is 0.761. The highest BCUT2D eigenvalue weighted by atomic mass is 15.4. The number of hydrogen-bond donors (Lipinski definition) is 0. The molecule has 0 aromatic carbocycles. The molecule has 0 aliphatic carbocycles. The van der Waals surface area contributed by atoms with E-state index in [-0.39, 0.29) is 0 Å². The lowest BCUT2D eigenvalue weighted by Gasteiger charge is -1.68. The second-order valence-electron chi connectivity index (χ2n) is 2.10. The molecule has 3 aromatic heterocycles. The molecule has 0 bridgehead atoms. The first-order valence-electron chi connectivity index (χ1n) is 4.32. The SMILES string of the molecule is c1cnnnn1.c1ncnnn1.c1nncnn1. The zero-order valence-electron chi connectivity index (χ0n) is 8.83. The first kappa shape index (κ1) is 12.9. The monoisotopic (exact) mass is 246 g/mol. The summed E-state index contributed by atoms with van der Waals surface area (Å²) < 4.78 is 0. The molecule has 3 aromatic rings. The average molecular weight is 246 g/mol. The summed E-state index contributed by atoms with van der Waals surface area (Å²) in [5.41, 5.74) is 0. The minimum atomic E-state index is 1.28. The lowest BCUT2D eigenvalue weighted by Crippen LogP contribution is -1.84. The van der Waals surface area contributed by atoms with Crippen molar-refractivity contribution < 1.29 is 0 Å². The molecular weight excluding hydrogens is 240 g/mol. The van der Waals surface area contributed by atoms with Gasteiger partial charge in [0.2, 0.25) is 0 Å². The van der Waals surface area contributed by atoms with Crippen molar-refractivity contribution in [1.82, 2.24) is 61.4 Å². The van der Waals surface area contributed by atoms with Crippen LogP contribution in [0.4, 0.5) is 0 Å². The Morgan fingerprint density at radius 3 is 1.06 bits per heavy atom. The Bertz CT molecular complexity index is 307. The summed E-state index contributed by atoms with van der Waals surface area (Å²) in [5.74, 6) is 0. The van der Waals surface area contributed by atoms with Crippen LogP contribution in [-0.4, -0.2) is 61.4 Å². The van der Waals surface area contributed by atoms with Gasteiger partial charge in [-0.3, -0.25) is 0 Å². The van der Waals surface area contributed by atoms with Gasteiger partial charge >= 0.3 is 0 Å². The molecule has 12 nitrogen and oxygen atoms in total. The van der Waals surface area contributed by atoms with E-state index in [1.807, 2.05) is 0 Å². The molecule has 0 radical (unpaired) electrons. The minimum absolute atomic E-state index is 1.28. The van der Waals surface area contributed by atoms with Crippen LogP contribution in [0, 0.1) is 0 Å². The summed E-state index contributed by atoms with van der Waals surface area (Å²) in [6.45, 7) is 0. The molecule has 0 spiro atoms. The topological polar surface area (TPSA) is 155 Å². The Labute approximate surface area is 100.0 Å². The Kier molecular flexibility index (Phi) is 7.40. The molecule has 0 saturated carbocycles. The molecule has 0 fully saturated rings. The molecule has 0 saturated heterocycles. The molecule has 18 heavy (non-hydrogen) atoms. The van der Waals surface area contributed by atoms with Crippen LogP contribution >= 0.6 is 0 Å².